The standard InChI is InChI=1S/C52H36N4S/c1-53-51(55-52(37-20-9-4-10-21-37)54-34-35-16-5-2-6-17-35)39-29-30-40(36-18-7-3-8-19-36)47(33-39)56-46-26-13-11-22-42(46)43-31-28-38(32-48(43)56)41-24-15-25-45-44-23-12-14-27-49(44)57-50(41)45/h2-33H,1,34H2. The highest BCUT2D eigenvalue weighted by atomic mass is 32.1. The average molecular weight is 749 g/mol. The Bertz CT molecular complexity index is 3160. The highest BCUT2D eigenvalue weighted by Gasteiger charge is 2.19. The van der Waals surface area contributed by atoms with Crippen molar-refractivity contribution in [3.63, 3.8) is 0 Å². The van der Waals surface area contributed by atoms with Crippen molar-refractivity contribution >= 4 is 71.7 Å². The van der Waals surface area contributed by atoms with E-state index in [2.05, 4.69) is 162 Å². The summed E-state index contributed by atoms with van der Waals surface area (Å²) in [7, 11) is 0. The van der Waals surface area contributed by atoms with Gasteiger partial charge in [-0.1, -0.05) is 170 Å². The summed E-state index contributed by atoms with van der Waals surface area (Å²) in [6.45, 7) is 4.52. The van der Waals surface area contributed by atoms with Crippen LogP contribution in [0.2, 0.25) is 0 Å². The summed E-state index contributed by atoms with van der Waals surface area (Å²) in [4.78, 5) is 14.7. The van der Waals surface area contributed by atoms with Crippen LogP contribution in [0.5, 0.6) is 0 Å². The van der Waals surface area contributed by atoms with Gasteiger partial charge in [-0.15, -0.1) is 11.3 Å². The Kier molecular flexibility index (Phi) is 8.90. The normalized spacial score (nSPS) is 12.2. The van der Waals surface area contributed by atoms with Crippen molar-refractivity contribution in [3.05, 3.63) is 211 Å². The van der Waals surface area contributed by atoms with Gasteiger partial charge in [-0.2, -0.15) is 0 Å². The van der Waals surface area contributed by atoms with Crippen molar-refractivity contribution in [1.29, 1.82) is 0 Å². The molecular formula is C52H36N4S. The zero-order chi connectivity index (χ0) is 38.1. The Morgan fingerprint density at radius 3 is 1.98 bits per heavy atom. The second kappa shape index (κ2) is 14.8. The number of para-hydroxylation sites is 1. The van der Waals surface area contributed by atoms with Crippen LogP contribution in [0.25, 0.3) is 69.9 Å². The molecule has 0 aliphatic heterocycles. The fourth-order valence-electron chi connectivity index (χ4n) is 7.91. The molecule has 270 valence electrons. The molecule has 57 heavy (non-hydrogen) atoms. The minimum atomic E-state index is 0.496. The molecule has 2 heterocycles. The number of aliphatic imine (C=N–C) groups is 3. The third kappa shape index (κ3) is 6.34. The van der Waals surface area contributed by atoms with E-state index in [4.69, 9.17) is 9.98 Å². The molecule has 0 aliphatic carbocycles. The van der Waals surface area contributed by atoms with Gasteiger partial charge in [0, 0.05) is 47.6 Å². The maximum absolute atomic E-state index is 5.13. The van der Waals surface area contributed by atoms with Crippen LogP contribution in [0.1, 0.15) is 16.7 Å². The largest absolute Gasteiger partial charge is 0.309 e. The number of hydrogen-bond acceptors (Lipinski definition) is 2. The lowest BCUT2D eigenvalue weighted by Crippen LogP contribution is -2.07. The summed E-state index contributed by atoms with van der Waals surface area (Å²) in [5.41, 5.74) is 10.8. The van der Waals surface area contributed by atoms with Gasteiger partial charge in [0.15, 0.2) is 11.7 Å². The molecule has 5 heteroatoms. The van der Waals surface area contributed by atoms with Crippen molar-refractivity contribution in [3.8, 4) is 27.9 Å². The summed E-state index contributed by atoms with van der Waals surface area (Å²) >= 11 is 1.86. The molecule has 4 nitrogen and oxygen atoms in total. The molecule has 0 saturated heterocycles. The lowest BCUT2D eigenvalue weighted by atomic mass is 10.00. The highest BCUT2D eigenvalue weighted by Crippen LogP contribution is 2.42. The first-order chi connectivity index (χ1) is 28.2. The highest BCUT2D eigenvalue weighted by molar-refractivity contribution is 7.26. The average Bonchev–Trinajstić information content (AvgIpc) is 3.83. The number of rotatable bonds is 7. The van der Waals surface area contributed by atoms with Crippen LogP contribution < -0.4 is 0 Å². The molecule has 10 aromatic rings. The van der Waals surface area contributed by atoms with Crippen LogP contribution in [-0.2, 0) is 6.54 Å². The first kappa shape index (κ1) is 34.3. The smallest absolute Gasteiger partial charge is 0.161 e. The van der Waals surface area contributed by atoms with Crippen LogP contribution in [0.4, 0.5) is 0 Å². The van der Waals surface area contributed by atoms with Gasteiger partial charge in [-0.05, 0) is 53.2 Å². The fourth-order valence-corrected chi connectivity index (χ4v) is 9.15. The van der Waals surface area contributed by atoms with Crippen molar-refractivity contribution in [1.82, 2.24) is 4.57 Å². The second-order valence-electron chi connectivity index (χ2n) is 14.0. The Morgan fingerprint density at radius 1 is 0.491 bits per heavy atom. The maximum Gasteiger partial charge on any atom is 0.161 e. The van der Waals surface area contributed by atoms with Crippen molar-refractivity contribution in [2.24, 2.45) is 15.0 Å². The van der Waals surface area contributed by atoms with E-state index in [-0.39, 0.29) is 0 Å². The second-order valence-corrected chi connectivity index (χ2v) is 15.1. The first-order valence-electron chi connectivity index (χ1n) is 19.1. The van der Waals surface area contributed by atoms with Crippen LogP contribution >= 0.6 is 11.3 Å². The topological polar surface area (TPSA) is 42.0 Å². The molecular weight excluding hydrogens is 713 g/mol. The van der Waals surface area contributed by atoms with E-state index in [0.29, 0.717) is 18.2 Å². The van der Waals surface area contributed by atoms with Gasteiger partial charge < -0.3 is 4.57 Å². The molecule has 0 spiro atoms. The summed E-state index contributed by atoms with van der Waals surface area (Å²) in [5, 5.41) is 4.97. The number of thiophene rings is 1. The third-order valence-corrected chi connectivity index (χ3v) is 11.8. The maximum atomic E-state index is 5.13. The Hall–Kier alpha value is -7.21. The van der Waals surface area contributed by atoms with Crippen LogP contribution in [-0.4, -0.2) is 23.0 Å². The predicted octanol–water partition coefficient (Wildman–Crippen LogP) is 13.6. The molecule has 0 atom stereocenters. The van der Waals surface area contributed by atoms with Crippen LogP contribution in [0.3, 0.4) is 0 Å². The van der Waals surface area contributed by atoms with E-state index in [0.717, 1.165) is 44.5 Å². The number of amidine groups is 2. The summed E-state index contributed by atoms with van der Waals surface area (Å²) in [6, 6.07) is 68.4. The van der Waals surface area contributed by atoms with Gasteiger partial charge in [0.25, 0.3) is 0 Å². The molecule has 0 unspecified atom stereocenters. The Labute approximate surface area is 335 Å². The zero-order valence-electron chi connectivity index (χ0n) is 31.1. The molecule has 0 aliphatic rings. The number of aromatic nitrogens is 1. The molecule has 0 saturated carbocycles. The fraction of sp³-hybridized carbons (Fsp3) is 0.0192. The van der Waals surface area contributed by atoms with E-state index in [1.54, 1.807) is 0 Å². The number of benzene rings is 8. The molecule has 2 aromatic heterocycles. The Morgan fingerprint density at radius 2 is 1.18 bits per heavy atom. The predicted molar refractivity (Wildman–Crippen MR) is 244 cm³/mol. The molecule has 0 radical (unpaired) electrons. The summed E-state index contributed by atoms with van der Waals surface area (Å²) < 4.78 is 5.01. The van der Waals surface area contributed by atoms with Crippen LogP contribution in [0, 0.1) is 0 Å². The third-order valence-electron chi connectivity index (χ3n) is 10.6. The van der Waals surface area contributed by atoms with E-state index in [1.165, 1.54) is 42.1 Å². The summed E-state index contributed by atoms with van der Waals surface area (Å²) in [6.07, 6.45) is 0. The molecule has 0 N–H and O–H groups in total. The minimum Gasteiger partial charge on any atom is -0.309 e. The van der Waals surface area contributed by atoms with E-state index in [1.807, 2.05) is 59.9 Å². The summed E-state index contributed by atoms with van der Waals surface area (Å²) in [5.74, 6) is 1.11. The van der Waals surface area contributed by atoms with Crippen molar-refractivity contribution in [2.75, 3.05) is 0 Å². The molecule has 0 amide bonds. The van der Waals surface area contributed by atoms with Gasteiger partial charge in [0.05, 0.1) is 23.3 Å². The van der Waals surface area contributed by atoms with E-state index in [9.17, 15) is 0 Å². The number of nitrogens with zero attached hydrogens (tertiary/aromatic N) is 4. The monoisotopic (exact) mass is 748 g/mol. The lowest BCUT2D eigenvalue weighted by Gasteiger charge is -2.16. The molecule has 0 fully saturated rings. The quantitative estimate of drug-likeness (QED) is 0.115. The Balaban J connectivity index is 1.19. The first-order valence-corrected chi connectivity index (χ1v) is 19.9. The van der Waals surface area contributed by atoms with E-state index < -0.39 is 0 Å². The van der Waals surface area contributed by atoms with E-state index >= 15 is 0 Å². The minimum absolute atomic E-state index is 0.496. The molecule has 0 bridgehead atoms. The van der Waals surface area contributed by atoms with Gasteiger partial charge in [0.2, 0.25) is 0 Å². The lowest BCUT2D eigenvalue weighted by molar-refractivity contribution is 1.06. The van der Waals surface area contributed by atoms with Crippen molar-refractivity contribution in [2.45, 2.75) is 6.54 Å². The van der Waals surface area contributed by atoms with Gasteiger partial charge in [-0.25, -0.2) is 9.98 Å². The molecule has 10 rings (SSSR count). The van der Waals surface area contributed by atoms with Gasteiger partial charge in [-0.3, -0.25) is 4.99 Å². The zero-order valence-corrected chi connectivity index (χ0v) is 31.9. The number of hydrogen-bond donors (Lipinski definition) is 0. The number of fused-ring (bicyclic) bond motifs is 6. The van der Waals surface area contributed by atoms with Crippen LogP contribution in [0.15, 0.2) is 209 Å². The molecule has 8 aromatic carbocycles. The SMILES string of the molecule is C=NC(=NC(=NCc1ccccc1)c1ccccc1)c1ccc(-c2ccccc2)c(-n2c3ccccc3c3ccc(-c4cccc5c4sc4ccccc45)cc32)c1. The van der Waals surface area contributed by atoms with Crippen molar-refractivity contribution < 1.29 is 0 Å². The van der Waals surface area contributed by atoms with Gasteiger partial charge in [0.1, 0.15) is 0 Å². The van der Waals surface area contributed by atoms with Gasteiger partial charge >= 0.3 is 0 Å².